The van der Waals surface area contributed by atoms with Crippen LogP contribution in [0.2, 0.25) is 0 Å². The van der Waals surface area contributed by atoms with Gasteiger partial charge in [-0.05, 0) is 12.1 Å². The van der Waals surface area contributed by atoms with Gasteiger partial charge in [-0.2, -0.15) is 5.26 Å². The van der Waals surface area contributed by atoms with Gasteiger partial charge in [0.15, 0.2) is 6.10 Å². The Balaban J connectivity index is 3.14. The zero-order chi connectivity index (χ0) is 13.0. The van der Waals surface area contributed by atoms with E-state index < -0.39 is 18.1 Å². The molecule has 0 fully saturated rings. The van der Waals surface area contributed by atoms with Crippen LogP contribution in [0.25, 0.3) is 0 Å². The van der Waals surface area contributed by atoms with Crippen molar-refractivity contribution in [3.8, 4) is 11.8 Å². The third-order valence-electron chi connectivity index (χ3n) is 2.27. The molecule has 2 atom stereocenters. The Kier molecular flexibility index (Phi) is 4.04. The van der Waals surface area contributed by atoms with Gasteiger partial charge in [0.25, 0.3) is 0 Å². The summed E-state index contributed by atoms with van der Waals surface area (Å²) in [6.45, 7) is 0. The fourth-order valence-electron chi connectivity index (χ4n) is 1.35. The SMILES string of the molecule is COc1cc(C#N)ccc1C(O)C(O)C(N)=O. The van der Waals surface area contributed by atoms with Gasteiger partial charge >= 0.3 is 0 Å². The first kappa shape index (κ1) is 13.0. The van der Waals surface area contributed by atoms with Gasteiger partial charge in [-0.3, -0.25) is 4.79 Å². The molecular formula is C11H12N2O4. The molecule has 0 aliphatic carbocycles. The largest absolute Gasteiger partial charge is 0.496 e. The van der Waals surface area contributed by atoms with Gasteiger partial charge < -0.3 is 20.7 Å². The third-order valence-corrected chi connectivity index (χ3v) is 2.27. The van der Waals surface area contributed by atoms with E-state index in [1.54, 1.807) is 0 Å². The van der Waals surface area contributed by atoms with E-state index in [4.69, 9.17) is 15.7 Å². The molecule has 0 saturated heterocycles. The molecule has 1 amide bonds. The van der Waals surface area contributed by atoms with Crippen molar-refractivity contribution in [3.63, 3.8) is 0 Å². The van der Waals surface area contributed by atoms with Crippen molar-refractivity contribution < 1.29 is 19.7 Å². The lowest BCUT2D eigenvalue weighted by Gasteiger charge is -2.17. The lowest BCUT2D eigenvalue weighted by atomic mass is 10.0. The molecule has 1 aromatic rings. The maximum absolute atomic E-state index is 10.8. The number of ether oxygens (including phenoxy) is 1. The van der Waals surface area contributed by atoms with E-state index in [1.807, 2.05) is 6.07 Å². The smallest absolute Gasteiger partial charge is 0.249 e. The van der Waals surface area contributed by atoms with Crippen LogP contribution in [0.15, 0.2) is 18.2 Å². The second-order valence-corrected chi connectivity index (χ2v) is 3.36. The highest BCUT2D eigenvalue weighted by Crippen LogP contribution is 2.28. The predicted molar refractivity (Wildman–Crippen MR) is 57.9 cm³/mol. The van der Waals surface area contributed by atoms with Crippen LogP contribution >= 0.6 is 0 Å². The summed E-state index contributed by atoms with van der Waals surface area (Å²) >= 11 is 0. The van der Waals surface area contributed by atoms with E-state index in [-0.39, 0.29) is 11.3 Å². The molecule has 0 heterocycles. The van der Waals surface area contributed by atoms with Crippen LogP contribution in [0.3, 0.4) is 0 Å². The highest BCUT2D eigenvalue weighted by Gasteiger charge is 2.26. The molecule has 0 radical (unpaired) electrons. The van der Waals surface area contributed by atoms with Crippen molar-refractivity contribution >= 4 is 5.91 Å². The third kappa shape index (κ3) is 2.72. The molecular weight excluding hydrogens is 224 g/mol. The number of hydrogen-bond acceptors (Lipinski definition) is 5. The zero-order valence-electron chi connectivity index (χ0n) is 9.12. The standard InChI is InChI=1S/C11H12N2O4/c1-17-8-4-6(5-12)2-3-7(8)9(14)10(15)11(13)16/h2-4,9-10,14-15H,1H3,(H2,13,16). The number of benzene rings is 1. The van der Waals surface area contributed by atoms with Crippen LogP contribution in [0, 0.1) is 11.3 Å². The van der Waals surface area contributed by atoms with Crippen LogP contribution in [0.5, 0.6) is 5.75 Å². The summed E-state index contributed by atoms with van der Waals surface area (Å²) in [4.78, 5) is 10.8. The number of rotatable bonds is 4. The number of methoxy groups -OCH3 is 1. The first-order valence-corrected chi connectivity index (χ1v) is 4.74. The molecule has 1 aromatic carbocycles. The molecule has 17 heavy (non-hydrogen) atoms. The summed E-state index contributed by atoms with van der Waals surface area (Å²) in [6, 6.07) is 6.14. The van der Waals surface area contributed by atoms with Crippen LogP contribution < -0.4 is 10.5 Å². The number of nitriles is 1. The number of hydrogen-bond donors (Lipinski definition) is 3. The van der Waals surface area contributed by atoms with E-state index in [9.17, 15) is 15.0 Å². The van der Waals surface area contributed by atoms with Gasteiger partial charge in [0, 0.05) is 5.56 Å². The van der Waals surface area contributed by atoms with E-state index in [0.29, 0.717) is 5.56 Å². The molecule has 0 aliphatic rings. The molecule has 6 nitrogen and oxygen atoms in total. The number of carbonyl (C=O) groups excluding carboxylic acids is 1. The number of aliphatic hydroxyl groups is 2. The Hall–Kier alpha value is -2.10. The van der Waals surface area contributed by atoms with E-state index in [1.165, 1.54) is 25.3 Å². The Morgan fingerprint density at radius 3 is 2.65 bits per heavy atom. The minimum atomic E-state index is -1.73. The van der Waals surface area contributed by atoms with Crippen LogP contribution in [0.4, 0.5) is 0 Å². The Labute approximate surface area is 97.9 Å². The van der Waals surface area contributed by atoms with Crippen molar-refractivity contribution in [3.05, 3.63) is 29.3 Å². The molecule has 90 valence electrons. The van der Waals surface area contributed by atoms with E-state index in [2.05, 4.69) is 0 Å². The number of nitrogens with zero attached hydrogens (tertiary/aromatic N) is 1. The maximum Gasteiger partial charge on any atom is 0.249 e. The molecule has 0 bridgehead atoms. The molecule has 0 saturated carbocycles. The summed E-state index contributed by atoms with van der Waals surface area (Å²) in [5.74, 6) is -0.833. The van der Waals surface area contributed by atoms with Crippen LogP contribution in [-0.2, 0) is 4.79 Å². The minimum Gasteiger partial charge on any atom is -0.496 e. The summed E-state index contributed by atoms with van der Waals surface area (Å²) < 4.78 is 4.96. The first-order valence-electron chi connectivity index (χ1n) is 4.74. The highest BCUT2D eigenvalue weighted by atomic mass is 16.5. The summed E-state index contributed by atoms with van der Waals surface area (Å²) in [7, 11) is 1.35. The average molecular weight is 236 g/mol. The van der Waals surface area contributed by atoms with Crippen molar-refractivity contribution in [2.75, 3.05) is 7.11 Å². The predicted octanol–water partition coefficient (Wildman–Crippen LogP) is -0.554. The highest BCUT2D eigenvalue weighted by molar-refractivity contribution is 5.79. The number of aliphatic hydroxyl groups excluding tert-OH is 2. The lowest BCUT2D eigenvalue weighted by molar-refractivity contribution is -0.132. The minimum absolute atomic E-state index is 0.192. The summed E-state index contributed by atoms with van der Waals surface area (Å²) in [5.41, 5.74) is 5.41. The van der Waals surface area contributed by atoms with Gasteiger partial charge in [0.05, 0.1) is 18.7 Å². The van der Waals surface area contributed by atoms with Crippen molar-refractivity contribution in [2.24, 2.45) is 5.73 Å². The second-order valence-electron chi connectivity index (χ2n) is 3.36. The number of nitrogens with two attached hydrogens (primary N) is 1. The second kappa shape index (κ2) is 5.30. The molecule has 0 aromatic heterocycles. The van der Waals surface area contributed by atoms with Gasteiger partial charge in [-0.15, -0.1) is 0 Å². The molecule has 6 heteroatoms. The number of primary amides is 1. The summed E-state index contributed by atoms with van der Waals surface area (Å²) in [6.07, 6.45) is -3.22. The number of amides is 1. The molecule has 0 spiro atoms. The Morgan fingerprint density at radius 2 is 2.18 bits per heavy atom. The van der Waals surface area contributed by atoms with Crippen molar-refractivity contribution in [1.29, 1.82) is 5.26 Å². The lowest BCUT2D eigenvalue weighted by Crippen LogP contribution is -2.34. The Bertz CT molecular complexity index is 467. The fourth-order valence-corrected chi connectivity index (χ4v) is 1.35. The van der Waals surface area contributed by atoms with Gasteiger partial charge in [-0.1, -0.05) is 6.07 Å². The number of carbonyl (C=O) groups is 1. The van der Waals surface area contributed by atoms with Crippen molar-refractivity contribution in [2.45, 2.75) is 12.2 Å². The van der Waals surface area contributed by atoms with E-state index in [0.717, 1.165) is 0 Å². The molecule has 0 aliphatic heterocycles. The molecule has 2 unspecified atom stereocenters. The monoisotopic (exact) mass is 236 g/mol. The van der Waals surface area contributed by atoms with Crippen LogP contribution in [-0.4, -0.2) is 29.3 Å². The van der Waals surface area contributed by atoms with E-state index >= 15 is 0 Å². The quantitative estimate of drug-likeness (QED) is 0.648. The van der Waals surface area contributed by atoms with Gasteiger partial charge in [0.2, 0.25) is 5.91 Å². The fraction of sp³-hybridized carbons (Fsp3) is 0.273. The maximum atomic E-state index is 10.8. The first-order chi connectivity index (χ1) is 8.01. The molecule has 4 N–H and O–H groups in total. The van der Waals surface area contributed by atoms with Crippen molar-refractivity contribution in [1.82, 2.24) is 0 Å². The average Bonchev–Trinajstić information content (AvgIpc) is 2.35. The van der Waals surface area contributed by atoms with Gasteiger partial charge in [0.1, 0.15) is 11.9 Å². The summed E-state index contributed by atoms with van der Waals surface area (Å²) in [5, 5.41) is 27.8. The Morgan fingerprint density at radius 1 is 1.53 bits per heavy atom. The zero-order valence-corrected chi connectivity index (χ0v) is 9.12. The van der Waals surface area contributed by atoms with Crippen LogP contribution in [0.1, 0.15) is 17.2 Å². The van der Waals surface area contributed by atoms with Gasteiger partial charge in [-0.25, -0.2) is 0 Å². The topological polar surface area (TPSA) is 117 Å². The normalized spacial score (nSPS) is 13.5. The molecule has 1 rings (SSSR count).